The first kappa shape index (κ1) is 19.7. The Morgan fingerprint density at radius 1 is 0.800 bits per heavy atom. The molecular weight excluding hydrogens is 391 g/mol. The minimum absolute atomic E-state index is 0.0391. The van der Waals surface area contributed by atoms with Gasteiger partial charge in [0, 0.05) is 0 Å². The van der Waals surface area contributed by atoms with Crippen LogP contribution >= 0.6 is 7.26 Å². The fourth-order valence-corrected chi connectivity index (χ4v) is 10.0. The first-order valence-corrected chi connectivity index (χ1v) is 11.8. The van der Waals surface area contributed by atoms with Crippen LogP contribution in [-0.4, -0.2) is 23.5 Å². The molecule has 4 rings (SSSR count). The van der Waals surface area contributed by atoms with Crippen molar-refractivity contribution in [1.82, 2.24) is 0 Å². The number of allylic oxidation sites excluding steroid dienone is 9. The van der Waals surface area contributed by atoms with E-state index in [4.69, 9.17) is 0 Å². The summed E-state index contributed by atoms with van der Waals surface area (Å²) in [7, 11) is -2.83. The van der Waals surface area contributed by atoms with Gasteiger partial charge in [0.15, 0.2) is 0 Å². The molecule has 0 aliphatic heterocycles. The third-order valence-corrected chi connectivity index (χ3v) is 11.1. The average molecular weight is 410 g/mol. The van der Waals surface area contributed by atoms with Gasteiger partial charge in [-0.05, 0) is 0 Å². The topological polar surface area (TPSA) is 51.2 Å². The number of rotatable bonds is 4. The monoisotopic (exact) mass is 410 g/mol. The van der Waals surface area contributed by atoms with Crippen LogP contribution in [-0.2, 0) is 14.4 Å². The summed E-state index contributed by atoms with van der Waals surface area (Å²) in [6, 6.07) is 20.3. The summed E-state index contributed by atoms with van der Waals surface area (Å²) in [5.74, 6) is 5.56. The van der Waals surface area contributed by atoms with Gasteiger partial charge in [-0.15, -0.1) is 0 Å². The molecule has 0 heterocycles. The molecule has 2 aromatic carbocycles. The van der Waals surface area contributed by atoms with Crippen LogP contribution in [0.2, 0.25) is 0 Å². The Balaban J connectivity index is 2.12. The van der Waals surface area contributed by atoms with Crippen LogP contribution in [0.3, 0.4) is 0 Å². The summed E-state index contributed by atoms with van der Waals surface area (Å²) in [6.45, 7) is 0. The fraction of sp³-hybridized carbons (Fsp3) is 0.0769. The van der Waals surface area contributed by atoms with E-state index in [9.17, 15) is 14.4 Å². The second-order valence-electron chi connectivity index (χ2n) is 7.21. The molecule has 4 heteroatoms. The van der Waals surface area contributed by atoms with Crippen LogP contribution in [0.5, 0.6) is 0 Å². The quantitative estimate of drug-likeness (QED) is 0.573. The molecule has 0 saturated carbocycles. The Hall–Kier alpha value is -3.56. The molecule has 146 valence electrons. The van der Waals surface area contributed by atoms with Gasteiger partial charge in [-0.25, -0.2) is 0 Å². The predicted octanol–water partition coefficient (Wildman–Crippen LogP) is 3.44. The van der Waals surface area contributed by atoms with Gasteiger partial charge in [-0.3, -0.25) is 0 Å². The maximum absolute atomic E-state index is 12.2. The van der Waals surface area contributed by atoms with E-state index in [-0.39, 0.29) is 16.7 Å². The zero-order chi connectivity index (χ0) is 21.0. The standard InChI is InChI=1S/C26H19O3P/c27-17-20-15-16-26(25(19-29)24(20)18-28)30(23-13-7-8-14-23,21-9-3-1-4-10-21)22-11-5-2-6-12-22/h1-13,15-16,26,30H,14H2. The molecule has 0 N–H and O–H groups in total. The van der Waals surface area contributed by atoms with E-state index in [1.165, 1.54) is 5.31 Å². The van der Waals surface area contributed by atoms with E-state index in [1.54, 1.807) is 18.0 Å². The van der Waals surface area contributed by atoms with Crippen molar-refractivity contribution in [1.29, 1.82) is 0 Å². The predicted molar refractivity (Wildman–Crippen MR) is 123 cm³/mol. The van der Waals surface area contributed by atoms with Crippen LogP contribution in [0.4, 0.5) is 0 Å². The van der Waals surface area contributed by atoms with Crippen LogP contribution in [0.15, 0.2) is 113 Å². The third kappa shape index (κ3) is 3.04. The van der Waals surface area contributed by atoms with Crippen molar-refractivity contribution in [2.45, 2.75) is 12.1 Å². The van der Waals surface area contributed by atoms with Gasteiger partial charge in [-0.1, -0.05) is 0 Å². The van der Waals surface area contributed by atoms with E-state index in [0.717, 1.165) is 17.0 Å². The second-order valence-corrected chi connectivity index (χ2v) is 11.2. The Labute approximate surface area is 175 Å². The summed E-state index contributed by atoms with van der Waals surface area (Å²) in [6.07, 6.45) is 10.5. The molecule has 2 aromatic rings. The molecule has 2 aliphatic rings. The van der Waals surface area contributed by atoms with Crippen LogP contribution in [0.25, 0.3) is 0 Å². The minimum atomic E-state index is -2.83. The second kappa shape index (κ2) is 8.44. The molecule has 2 aliphatic carbocycles. The van der Waals surface area contributed by atoms with E-state index in [1.807, 2.05) is 54.5 Å². The van der Waals surface area contributed by atoms with Gasteiger partial charge in [0.2, 0.25) is 0 Å². The van der Waals surface area contributed by atoms with E-state index < -0.39 is 12.9 Å². The molecule has 30 heavy (non-hydrogen) atoms. The van der Waals surface area contributed by atoms with E-state index >= 15 is 0 Å². The first-order valence-electron chi connectivity index (χ1n) is 9.68. The van der Waals surface area contributed by atoms with Crippen molar-refractivity contribution >= 4 is 35.7 Å². The summed E-state index contributed by atoms with van der Waals surface area (Å²) in [4.78, 5) is 35.3. The third-order valence-electron chi connectivity index (χ3n) is 5.83. The van der Waals surface area contributed by atoms with Gasteiger partial charge < -0.3 is 0 Å². The van der Waals surface area contributed by atoms with E-state index in [2.05, 4.69) is 36.4 Å². The Morgan fingerprint density at radius 3 is 1.90 bits per heavy atom. The molecule has 0 saturated heterocycles. The van der Waals surface area contributed by atoms with E-state index in [0.29, 0.717) is 0 Å². The fourth-order valence-electron chi connectivity index (χ4n) is 4.58. The number of hydrogen-bond donors (Lipinski definition) is 0. The maximum atomic E-state index is 12.2. The molecule has 3 nitrogen and oxygen atoms in total. The molecule has 0 bridgehead atoms. The summed E-state index contributed by atoms with van der Waals surface area (Å²) < 4.78 is 0. The molecule has 0 spiro atoms. The van der Waals surface area contributed by atoms with Crippen molar-refractivity contribution in [3.05, 3.63) is 113 Å². The molecule has 0 aromatic heterocycles. The Bertz CT molecular complexity index is 1180. The van der Waals surface area contributed by atoms with Crippen LogP contribution in [0, 0.1) is 0 Å². The van der Waals surface area contributed by atoms with Crippen molar-refractivity contribution in [2.75, 3.05) is 0 Å². The van der Waals surface area contributed by atoms with Gasteiger partial charge in [0.25, 0.3) is 0 Å². The van der Waals surface area contributed by atoms with Crippen molar-refractivity contribution in [2.24, 2.45) is 0 Å². The normalized spacial score (nSPS) is 18.5. The molecule has 1 atom stereocenters. The zero-order valence-corrected chi connectivity index (χ0v) is 17.2. The van der Waals surface area contributed by atoms with Gasteiger partial charge in [-0.2, -0.15) is 0 Å². The van der Waals surface area contributed by atoms with Gasteiger partial charge in [0.05, 0.1) is 0 Å². The first-order chi connectivity index (χ1) is 14.8. The van der Waals surface area contributed by atoms with Crippen molar-refractivity contribution < 1.29 is 14.4 Å². The summed E-state index contributed by atoms with van der Waals surface area (Å²) in [5, 5.41) is 3.47. The Morgan fingerprint density at radius 2 is 1.43 bits per heavy atom. The van der Waals surface area contributed by atoms with Crippen LogP contribution < -0.4 is 10.6 Å². The van der Waals surface area contributed by atoms with Gasteiger partial charge in [0.1, 0.15) is 0 Å². The zero-order valence-electron chi connectivity index (χ0n) is 16.2. The molecular formula is C26H19O3P. The molecule has 0 fully saturated rings. The molecule has 1 unspecified atom stereocenters. The summed E-state index contributed by atoms with van der Waals surface area (Å²) in [5.41, 5.74) is -0.220. The van der Waals surface area contributed by atoms with Crippen molar-refractivity contribution in [3.8, 4) is 0 Å². The number of hydrogen-bond acceptors (Lipinski definition) is 3. The molecule has 0 amide bonds. The van der Waals surface area contributed by atoms with Gasteiger partial charge >= 0.3 is 175 Å². The van der Waals surface area contributed by atoms with Crippen LogP contribution in [0.1, 0.15) is 6.42 Å². The average Bonchev–Trinajstić information content (AvgIpc) is 3.35. The SMILES string of the molecule is O=C=C1C=CC([PH](C2=CC=CC2)(c2ccccc2)c2ccccc2)C(=C=O)C1=C=O. The summed E-state index contributed by atoms with van der Waals surface area (Å²) >= 11 is 0. The molecule has 0 radical (unpaired) electrons. The number of carbonyl (C=O) groups excluding carboxylic acids is 3. The Kier molecular flexibility index (Phi) is 5.55. The number of benzene rings is 2. The van der Waals surface area contributed by atoms with Crippen molar-refractivity contribution in [3.63, 3.8) is 0 Å².